The van der Waals surface area contributed by atoms with Crippen LogP contribution in [0.2, 0.25) is 0 Å². The van der Waals surface area contributed by atoms with Gasteiger partial charge in [-0.2, -0.15) is 0 Å². The molecule has 2 aromatic carbocycles. The van der Waals surface area contributed by atoms with Gasteiger partial charge in [-0.05, 0) is 30.7 Å². The van der Waals surface area contributed by atoms with Gasteiger partial charge >= 0.3 is 0 Å². The molecule has 0 aliphatic heterocycles. The summed E-state index contributed by atoms with van der Waals surface area (Å²) in [7, 11) is 0. The van der Waals surface area contributed by atoms with Crippen molar-refractivity contribution < 1.29 is 0 Å². The first-order valence-electron chi connectivity index (χ1n) is 8.77. The normalized spacial score (nSPS) is 10.6. The Morgan fingerprint density at radius 3 is 1.72 bits per heavy atom. The minimum Gasteiger partial charge on any atom is -0.399 e. The van der Waals surface area contributed by atoms with Crippen LogP contribution in [0.4, 0.5) is 11.4 Å². The van der Waals surface area contributed by atoms with Crippen molar-refractivity contribution >= 4 is 58.0 Å². The summed E-state index contributed by atoms with van der Waals surface area (Å²) >= 11 is 0. The Labute approximate surface area is 162 Å². The Morgan fingerprint density at radius 2 is 1.20 bits per heavy atom. The number of rotatable bonds is 7. The molecule has 3 rings (SSSR count). The summed E-state index contributed by atoms with van der Waals surface area (Å²) in [5.41, 5.74) is 16.1. The minimum atomic E-state index is 0. The van der Waals surface area contributed by atoms with Crippen LogP contribution in [0.25, 0.3) is 21.8 Å². The van der Waals surface area contributed by atoms with Crippen LogP contribution in [-0.4, -0.2) is 4.57 Å². The maximum Gasteiger partial charge on any atom is 0.0512 e. The number of anilines is 2. The molecule has 1 heterocycles. The second-order valence-corrected chi connectivity index (χ2v) is 6.47. The average molecular weight is 382 g/mol. The molecule has 0 amide bonds. The highest BCUT2D eigenvalue weighted by Crippen LogP contribution is 2.32. The van der Waals surface area contributed by atoms with Crippen LogP contribution in [0, 0.1) is 0 Å². The number of benzene rings is 2. The highest BCUT2D eigenvalue weighted by Gasteiger charge is 2.11. The van der Waals surface area contributed by atoms with Crippen molar-refractivity contribution in [2.24, 2.45) is 0 Å². The largest absolute Gasteiger partial charge is 0.399 e. The minimum absolute atomic E-state index is 0. The molecule has 0 aliphatic rings. The molecule has 4 N–H and O–H groups in total. The van der Waals surface area contributed by atoms with Crippen LogP contribution in [0.3, 0.4) is 0 Å². The standard InChI is InChI=1S/C20H27N3.2ClH/c1-2-3-4-5-6-7-12-23-19-13-15(21)8-10-17(19)18-11-9-16(22)14-20(18)23;;/h8-11,13-14H,2-7,12,21-22H2,1H3;2*1H. The topological polar surface area (TPSA) is 57.0 Å². The van der Waals surface area contributed by atoms with Crippen molar-refractivity contribution in [3.8, 4) is 0 Å². The molecule has 1 aromatic heterocycles. The molecule has 0 saturated heterocycles. The van der Waals surface area contributed by atoms with Crippen LogP contribution in [-0.2, 0) is 6.54 Å². The first-order valence-corrected chi connectivity index (χ1v) is 8.77. The first kappa shape index (κ1) is 21.5. The van der Waals surface area contributed by atoms with Crippen LogP contribution < -0.4 is 11.5 Å². The second kappa shape index (κ2) is 9.79. The molecule has 0 spiro atoms. The zero-order valence-corrected chi connectivity index (χ0v) is 16.5. The van der Waals surface area contributed by atoms with E-state index in [9.17, 15) is 0 Å². The summed E-state index contributed by atoms with van der Waals surface area (Å²) in [4.78, 5) is 0. The van der Waals surface area contributed by atoms with Crippen molar-refractivity contribution in [3.05, 3.63) is 36.4 Å². The predicted octanol–water partition coefficient (Wildman–Crippen LogP) is 6.16. The van der Waals surface area contributed by atoms with E-state index in [1.807, 2.05) is 12.1 Å². The van der Waals surface area contributed by atoms with E-state index in [1.54, 1.807) is 0 Å². The molecular weight excluding hydrogens is 353 g/mol. The number of nitrogens with zero attached hydrogens (tertiary/aromatic N) is 1. The molecule has 0 unspecified atom stereocenters. The Balaban J connectivity index is 0.00000156. The molecule has 0 bridgehead atoms. The molecule has 0 radical (unpaired) electrons. The fraction of sp³-hybridized carbons (Fsp3) is 0.400. The van der Waals surface area contributed by atoms with Gasteiger partial charge in [0.05, 0.1) is 11.0 Å². The molecular formula is C20H29Cl2N3. The maximum absolute atomic E-state index is 6.02. The van der Waals surface area contributed by atoms with Gasteiger partial charge in [0.2, 0.25) is 0 Å². The molecule has 0 atom stereocenters. The van der Waals surface area contributed by atoms with E-state index in [0.717, 1.165) is 17.9 Å². The van der Waals surface area contributed by atoms with Gasteiger partial charge in [0.25, 0.3) is 0 Å². The van der Waals surface area contributed by atoms with Crippen LogP contribution in [0.5, 0.6) is 0 Å². The molecule has 0 fully saturated rings. The molecule has 138 valence electrons. The predicted molar refractivity (Wildman–Crippen MR) is 116 cm³/mol. The second-order valence-electron chi connectivity index (χ2n) is 6.47. The van der Waals surface area contributed by atoms with Crippen molar-refractivity contribution in [1.82, 2.24) is 4.57 Å². The lowest BCUT2D eigenvalue weighted by Crippen LogP contribution is -1.99. The maximum atomic E-state index is 6.02. The highest BCUT2D eigenvalue weighted by atomic mass is 35.5. The third kappa shape index (κ3) is 4.74. The van der Waals surface area contributed by atoms with Crippen molar-refractivity contribution in [3.63, 3.8) is 0 Å². The third-order valence-corrected chi connectivity index (χ3v) is 4.65. The van der Waals surface area contributed by atoms with Gasteiger partial charge in [-0.3, -0.25) is 0 Å². The highest BCUT2D eigenvalue weighted by molar-refractivity contribution is 6.09. The SMILES string of the molecule is CCCCCCCCn1c2cc(N)ccc2c2ccc(N)cc21.Cl.Cl. The van der Waals surface area contributed by atoms with Gasteiger partial charge in [-0.1, -0.05) is 51.2 Å². The average Bonchev–Trinajstić information content (AvgIpc) is 2.83. The molecule has 3 aromatic rings. The van der Waals surface area contributed by atoms with Gasteiger partial charge < -0.3 is 16.0 Å². The van der Waals surface area contributed by atoms with Gasteiger partial charge in [0.15, 0.2) is 0 Å². The Morgan fingerprint density at radius 1 is 0.720 bits per heavy atom. The Kier molecular flexibility index (Phi) is 8.40. The fourth-order valence-corrected chi connectivity index (χ4v) is 3.42. The monoisotopic (exact) mass is 381 g/mol. The molecule has 5 heteroatoms. The van der Waals surface area contributed by atoms with E-state index in [1.165, 1.54) is 60.3 Å². The lowest BCUT2D eigenvalue weighted by Gasteiger charge is -2.08. The number of hydrogen-bond donors (Lipinski definition) is 2. The van der Waals surface area contributed by atoms with E-state index < -0.39 is 0 Å². The Bertz CT molecular complexity index is 752. The smallest absolute Gasteiger partial charge is 0.0512 e. The quantitative estimate of drug-likeness (QED) is 0.380. The Hall–Kier alpha value is -1.58. The van der Waals surface area contributed by atoms with E-state index in [2.05, 4.69) is 35.8 Å². The number of aromatic nitrogens is 1. The fourth-order valence-electron chi connectivity index (χ4n) is 3.42. The number of nitrogens with two attached hydrogens (primary N) is 2. The van der Waals surface area contributed by atoms with Gasteiger partial charge in [0.1, 0.15) is 0 Å². The third-order valence-electron chi connectivity index (χ3n) is 4.65. The summed E-state index contributed by atoms with van der Waals surface area (Å²) in [6.45, 7) is 3.28. The van der Waals surface area contributed by atoms with Crippen LogP contribution in [0.15, 0.2) is 36.4 Å². The number of fused-ring (bicyclic) bond motifs is 3. The summed E-state index contributed by atoms with van der Waals surface area (Å²) in [5, 5.41) is 2.53. The van der Waals surface area contributed by atoms with Crippen molar-refractivity contribution in [1.29, 1.82) is 0 Å². The number of halogens is 2. The number of unbranched alkanes of at least 4 members (excludes halogenated alkanes) is 5. The number of nitrogen functional groups attached to an aromatic ring is 2. The summed E-state index contributed by atoms with van der Waals surface area (Å²) < 4.78 is 2.39. The number of hydrogen-bond acceptors (Lipinski definition) is 2. The van der Waals surface area contributed by atoms with Crippen LogP contribution in [0.1, 0.15) is 45.4 Å². The molecule has 25 heavy (non-hydrogen) atoms. The van der Waals surface area contributed by atoms with Crippen LogP contribution >= 0.6 is 24.8 Å². The van der Waals surface area contributed by atoms with E-state index in [0.29, 0.717) is 0 Å². The molecule has 3 nitrogen and oxygen atoms in total. The number of aryl methyl sites for hydroxylation is 1. The van der Waals surface area contributed by atoms with E-state index in [4.69, 9.17) is 11.5 Å². The van der Waals surface area contributed by atoms with E-state index >= 15 is 0 Å². The van der Waals surface area contributed by atoms with Gasteiger partial charge in [0, 0.05) is 28.7 Å². The molecule has 0 saturated carbocycles. The zero-order chi connectivity index (χ0) is 16.2. The van der Waals surface area contributed by atoms with Gasteiger partial charge in [-0.15, -0.1) is 24.8 Å². The van der Waals surface area contributed by atoms with Crippen molar-refractivity contribution in [2.45, 2.75) is 52.0 Å². The lowest BCUT2D eigenvalue weighted by atomic mass is 10.1. The summed E-state index contributed by atoms with van der Waals surface area (Å²) in [5.74, 6) is 0. The first-order chi connectivity index (χ1) is 11.2. The molecule has 0 aliphatic carbocycles. The van der Waals surface area contributed by atoms with Gasteiger partial charge in [-0.25, -0.2) is 0 Å². The lowest BCUT2D eigenvalue weighted by molar-refractivity contribution is 0.571. The zero-order valence-electron chi connectivity index (χ0n) is 14.8. The summed E-state index contributed by atoms with van der Waals surface area (Å²) in [6.07, 6.45) is 7.81. The summed E-state index contributed by atoms with van der Waals surface area (Å²) in [6, 6.07) is 12.4. The van der Waals surface area contributed by atoms with E-state index in [-0.39, 0.29) is 24.8 Å². The van der Waals surface area contributed by atoms with Crippen molar-refractivity contribution in [2.75, 3.05) is 11.5 Å².